The largest absolute Gasteiger partial charge is 0.480 e. The first-order valence-corrected chi connectivity index (χ1v) is 6.84. The third-order valence-corrected chi connectivity index (χ3v) is 2.95. The van der Waals surface area contributed by atoms with Gasteiger partial charge in [-0.25, -0.2) is 9.59 Å². The van der Waals surface area contributed by atoms with Crippen LogP contribution < -0.4 is 10.6 Å². The van der Waals surface area contributed by atoms with Crippen LogP contribution in [0.2, 0.25) is 0 Å². The van der Waals surface area contributed by atoms with Crippen LogP contribution in [0.3, 0.4) is 0 Å². The molecule has 0 aromatic heterocycles. The highest BCUT2D eigenvalue weighted by atomic mass is 32.2. The van der Waals surface area contributed by atoms with E-state index in [1.807, 2.05) is 13.2 Å². The average Bonchev–Trinajstić information content (AvgIpc) is 2.27. The maximum atomic E-state index is 11.5. The smallest absolute Gasteiger partial charge is 0.326 e. The van der Waals surface area contributed by atoms with Crippen molar-refractivity contribution in [2.75, 3.05) is 18.6 Å². The van der Waals surface area contributed by atoms with Gasteiger partial charge in [-0.3, -0.25) is 0 Å². The van der Waals surface area contributed by atoms with E-state index in [0.29, 0.717) is 0 Å². The van der Waals surface area contributed by atoms with Gasteiger partial charge >= 0.3 is 12.0 Å². The number of hydrogen-bond acceptors (Lipinski definition) is 4. The van der Waals surface area contributed by atoms with Crippen LogP contribution in [0.15, 0.2) is 0 Å². The monoisotopic (exact) mass is 264 g/mol. The first kappa shape index (κ1) is 16.1. The number of urea groups is 1. The second-order valence-electron chi connectivity index (χ2n) is 3.58. The highest BCUT2D eigenvalue weighted by molar-refractivity contribution is 7.98. The minimum Gasteiger partial charge on any atom is -0.480 e. The van der Waals surface area contributed by atoms with Crippen molar-refractivity contribution in [3.63, 3.8) is 0 Å². The Hall–Kier alpha value is -0.950. The number of hydrogen-bond donors (Lipinski definition) is 4. The van der Waals surface area contributed by atoms with Gasteiger partial charge in [0.15, 0.2) is 0 Å². The second kappa shape index (κ2) is 9.12. The lowest BCUT2D eigenvalue weighted by molar-refractivity contribution is -0.139. The Morgan fingerprint density at radius 1 is 1.35 bits per heavy atom. The van der Waals surface area contributed by atoms with Gasteiger partial charge in [-0.05, 0) is 12.7 Å². The summed E-state index contributed by atoms with van der Waals surface area (Å²) in [4.78, 5) is 22.2. The Balaban J connectivity index is 4.16. The molecule has 0 saturated heterocycles. The van der Waals surface area contributed by atoms with E-state index >= 15 is 0 Å². The van der Waals surface area contributed by atoms with Crippen molar-refractivity contribution in [3.05, 3.63) is 0 Å². The van der Waals surface area contributed by atoms with Crippen LogP contribution in [-0.4, -0.2) is 52.9 Å². The molecule has 0 aliphatic heterocycles. The second-order valence-corrected chi connectivity index (χ2v) is 4.49. The van der Waals surface area contributed by atoms with Crippen LogP contribution in [0.1, 0.15) is 19.8 Å². The van der Waals surface area contributed by atoms with Gasteiger partial charge < -0.3 is 20.8 Å². The first-order chi connectivity index (χ1) is 8.04. The molecule has 0 rings (SSSR count). The summed E-state index contributed by atoms with van der Waals surface area (Å²) in [5, 5.41) is 22.5. The van der Waals surface area contributed by atoms with Crippen LogP contribution in [-0.2, 0) is 4.79 Å². The van der Waals surface area contributed by atoms with Crippen LogP contribution in [0.5, 0.6) is 0 Å². The van der Waals surface area contributed by atoms with Gasteiger partial charge in [0.1, 0.15) is 6.04 Å². The fraction of sp³-hybridized carbons (Fsp3) is 0.800. The number of carboxylic acids is 1. The summed E-state index contributed by atoms with van der Waals surface area (Å²) in [5.74, 6) is -0.367. The molecule has 2 amide bonds. The van der Waals surface area contributed by atoms with Crippen molar-refractivity contribution in [1.82, 2.24) is 10.6 Å². The summed E-state index contributed by atoms with van der Waals surface area (Å²) < 4.78 is 0. The summed E-state index contributed by atoms with van der Waals surface area (Å²) in [6, 6.07) is -1.54. The predicted octanol–water partition coefficient (Wildman–Crippen LogP) is 0.263. The molecule has 0 radical (unpaired) electrons. The lowest BCUT2D eigenvalue weighted by atomic mass is 10.2. The molecule has 17 heavy (non-hydrogen) atoms. The van der Waals surface area contributed by atoms with E-state index in [1.165, 1.54) is 0 Å². The fourth-order valence-electron chi connectivity index (χ4n) is 1.23. The summed E-state index contributed by atoms with van der Waals surface area (Å²) in [5.41, 5.74) is 0. The number of carbonyl (C=O) groups excluding carboxylic acids is 1. The Morgan fingerprint density at radius 3 is 2.41 bits per heavy atom. The lowest BCUT2D eigenvalue weighted by Crippen LogP contribution is -2.49. The van der Waals surface area contributed by atoms with Crippen molar-refractivity contribution in [3.8, 4) is 0 Å². The Morgan fingerprint density at radius 2 is 2.00 bits per heavy atom. The molecule has 100 valence electrons. The average molecular weight is 264 g/mol. The molecule has 6 nitrogen and oxygen atoms in total. The van der Waals surface area contributed by atoms with Crippen LogP contribution in [0.25, 0.3) is 0 Å². The van der Waals surface area contributed by atoms with Gasteiger partial charge in [-0.1, -0.05) is 6.92 Å². The molecular formula is C10H20N2O4S. The Bertz CT molecular complexity index is 250. The molecule has 0 heterocycles. The van der Waals surface area contributed by atoms with Crippen molar-refractivity contribution >= 4 is 23.8 Å². The number of thioether (sulfide) groups is 1. The summed E-state index contributed by atoms with van der Waals surface area (Å²) in [7, 11) is 0. The zero-order valence-corrected chi connectivity index (χ0v) is 10.9. The quantitative estimate of drug-likeness (QED) is 0.504. The minimum atomic E-state index is -1.15. The molecule has 0 aliphatic carbocycles. The number of carbonyl (C=O) groups is 2. The van der Waals surface area contributed by atoms with Crippen molar-refractivity contribution < 1.29 is 19.8 Å². The van der Waals surface area contributed by atoms with Gasteiger partial charge in [0.2, 0.25) is 0 Å². The van der Waals surface area contributed by atoms with E-state index in [2.05, 4.69) is 10.6 Å². The molecule has 4 N–H and O–H groups in total. The molecule has 2 unspecified atom stereocenters. The number of aliphatic hydroxyl groups is 1. The molecule has 0 aromatic carbocycles. The molecular weight excluding hydrogens is 244 g/mol. The number of nitrogens with one attached hydrogen (secondary N) is 2. The third kappa shape index (κ3) is 7.06. The molecule has 2 atom stereocenters. The third-order valence-electron chi connectivity index (χ3n) is 2.22. The highest BCUT2D eigenvalue weighted by Gasteiger charge is 2.20. The maximum absolute atomic E-state index is 11.5. The van der Waals surface area contributed by atoms with Crippen LogP contribution in [0, 0.1) is 0 Å². The molecule has 0 aliphatic rings. The molecule has 0 fully saturated rings. The van der Waals surface area contributed by atoms with Crippen molar-refractivity contribution in [2.24, 2.45) is 0 Å². The molecule has 0 bridgehead atoms. The summed E-state index contributed by atoms with van der Waals surface area (Å²) in [6.07, 6.45) is 2.72. The van der Waals surface area contributed by atoms with Crippen LogP contribution >= 0.6 is 11.8 Å². The zero-order valence-electron chi connectivity index (χ0n) is 10.1. The van der Waals surface area contributed by atoms with Gasteiger partial charge in [0, 0.05) is 24.8 Å². The van der Waals surface area contributed by atoms with E-state index in [4.69, 9.17) is 10.2 Å². The maximum Gasteiger partial charge on any atom is 0.326 e. The number of aliphatic carboxylic acids is 1. The van der Waals surface area contributed by atoms with E-state index in [9.17, 15) is 9.59 Å². The molecule has 7 heteroatoms. The van der Waals surface area contributed by atoms with Gasteiger partial charge in [-0.15, -0.1) is 0 Å². The molecule has 0 spiro atoms. The Kier molecular flexibility index (Phi) is 8.61. The summed E-state index contributed by atoms with van der Waals surface area (Å²) in [6.45, 7) is 1.67. The zero-order chi connectivity index (χ0) is 13.3. The standard InChI is InChI=1S/C10H20N2O4S/c1-3-7(6-17-2)11-10(16)12-8(4-5-13)9(14)15/h7-8,13H,3-6H2,1-2H3,(H,14,15)(H2,11,12,16). The van der Waals surface area contributed by atoms with E-state index in [0.717, 1.165) is 12.2 Å². The lowest BCUT2D eigenvalue weighted by Gasteiger charge is -2.19. The number of carboxylic acid groups (broad SMARTS) is 1. The van der Waals surface area contributed by atoms with E-state index in [-0.39, 0.29) is 19.1 Å². The van der Waals surface area contributed by atoms with Gasteiger partial charge in [-0.2, -0.15) is 11.8 Å². The Labute approximate surface area is 105 Å². The topological polar surface area (TPSA) is 98.7 Å². The van der Waals surface area contributed by atoms with Crippen molar-refractivity contribution in [2.45, 2.75) is 31.8 Å². The summed E-state index contributed by atoms with van der Waals surface area (Å²) >= 11 is 1.61. The predicted molar refractivity (Wildman–Crippen MR) is 67.3 cm³/mol. The van der Waals surface area contributed by atoms with E-state index < -0.39 is 18.0 Å². The first-order valence-electron chi connectivity index (χ1n) is 5.44. The highest BCUT2D eigenvalue weighted by Crippen LogP contribution is 2.01. The van der Waals surface area contributed by atoms with Crippen molar-refractivity contribution in [1.29, 1.82) is 0 Å². The van der Waals surface area contributed by atoms with E-state index in [1.54, 1.807) is 11.8 Å². The van der Waals surface area contributed by atoms with Gasteiger partial charge in [0.05, 0.1) is 0 Å². The number of amides is 2. The van der Waals surface area contributed by atoms with Crippen LogP contribution in [0.4, 0.5) is 4.79 Å². The molecule has 0 aromatic rings. The molecule has 0 saturated carbocycles. The minimum absolute atomic E-state index is 0.00206. The van der Waals surface area contributed by atoms with Gasteiger partial charge in [0.25, 0.3) is 0 Å². The number of aliphatic hydroxyl groups excluding tert-OH is 1. The normalized spacial score (nSPS) is 13.8. The fourth-order valence-corrected chi connectivity index (χ4v) is 1.96. The number of rotatable bonds is 8. The SMILES string of the molecule is CCC(CSC)NC(=O)NC(CCO)C(=O)O.